The maximum atomic E-state index is 6.02. The van der Waals surface area contributed by atoms with Gasteiger partial charge in [0.1, 0.15) is 18.2 Å². The molecule has 0 radical (unpaired) electrons. The number of aromatic nitrogens is 4. The van der Waals surface area contributed by atoms with Crippen LogP contribution in [0.25, 0.3) is 0 Å². The van der Waals surface area contributed by atoms with Gasteiger partial charge in [-0.1, -0.05) is 5.16 Å². The van der Waals surface area contributed by atoms with Crippen LogP contribution in [-0.4, -0.2) is 32.8 Å². The molecule has 7 heteroatoms. The molecule has 2 aromatic heterocycles. The second kappa shape index (κ2) is 6.23. The quantitative estimate of drug-likeness (QED) is 0.927. The topological polar surface area (TPSA) is 86.0 Å². The summed E-state index contributed by atoms with van der Waals surface area (Å²) in [7, 11) is 0. The molecule has 4 rings (SSSR count). The lowest BCUT2D eigenvalue weighted by Gasteiger charge is -2.19. The fourth-order valence-corrected chi connectivity index (χ4v) is 3.37. The van der Waals surface area contributed by atoms with Crippen molar-refractivity contribution in [3.63, 3.8) is 0 Å². The Labute approximate surface area is 134 Å². The van der Waals surface area contributed by atoms with Crippen LogP contribution in [-0.2, 0) is 17.6 Å². The molecule has 2 aromatic rings. The van der Waals surface area contributed by atoms with Crippen molar-refractivity contribution in [2.75, 3.05) is 11.9 Å². The van der Waals surface area contributed by atoms with Crippen LogP contribution in [0.4, 0.5) is 5.82 Å². The van der Waals surface area contributed by atoms with Gasteiger partial charge in [0.05, 0.1) is 6.10 Å². The Morgan fingerprint density at radius 2 is 2.13 bits per heavy atom. The zero-order valence-corrected chi connectivity index (χ0v) is 13.3. The zero-order chi connectivity index (χ0) is 15.6. The lowest BCUT2D eigenvalue weighted by molar-refractivity contribution is 0.0326. The zero-order valence-electron chi connectivity index (χ0n) is 13.3. The summed E-state index contributed by atoms with van der Waals surface area (Å²) in [6.07, 6.45) is 8.17. The number of hydrogen-bond donors (Lipinski definition) is 1. The van der Waals surface area contributed by atoms with Crippen molar-refractivity contribution in [3.05, 3.63) is 29.3 Å². The van der Waals surface area contributed by atoms with Gasteiger partial charge in [0.25, 0.3) is 5.89 Å². The van der Waals surface area contributed by atoms with Crippen molar-refractivity contribution < 1.29 is 9.26 Å². The average Bonchev–Trinajstić information content (AvgIpc) is 3.21. The van der Waals surface area contributed by atoms with E-state index in [9.17, 15) is 0 Å². The normalized spacial score (nSPS) is 23.7. The Balaban J connectivity index is 1.37. The van der Waals surface area contributed by atoms with E-state index in [2.05, 4.69) is 25.4 Å². The minimum atomic E-state index is -0.0812. The van der Waals surface area contributed by atoms with Crippen molar-refractivity contribution in [2.45, 2.75) is 57.7 Å². The minimum Gasteiger partial charge on any atom is -0.367 e. The first-order valence-electron chi connectivity index (χ1n) is 8.32. The number of nitrogens with zero attached hydrogens (tertiary/aromatic N) is 4. The van der Waals surface area contributed by atoms with Crippen LogP contribution in [0.3, 0.4) is 0 Å². The second-order valence-electron chi connectivity index (χ2n) is 6.24. The van der Waals surface area contributed by atoms with Gasteiger partial charge >= 0.3 is 0 Å². The van der Waals surface area contributed by atoms with Gasteiger partial charge in [-0.05, 0) is 45.4 Å². The van der Waals surface area contributed by atoms with Crippen molar-refractivity contribution in [1.82, 2.24) is 20.1 Å². The molecule has 1 aliphatic carbocycles. The monoisotopic (exact) mass is 315 g/mol. The van der Waals surface area contributed by atoms with E-state index in [1.807, 2.05) is 6.92 Å². The van der Waals surface area contributed by atoms with E-state index >= 15 is 0 Å². The van der Waals surface area contributed by atoms with Crippen molar-refractivity contribution in [2.24, 2.45) is 0 Å². The van der Waals surface area contributed by atoms with Gasteiger partial charge in [-0.25, -0.2) is 9.97 Å². The first kappa shape index (κ1) is 14.6. The molecular formula is C16H21N5O2. The highest BCUT2D eigenvalue weighted by atomic mass is 16.5. The number of nitrogens with one attached hydrogen (secondary N) is 1. The van der Waals surface area contributed by atoms with Gasteiger partial charge < -0.3 is 14.6 Å². The third kappa shape index (κ3) is 3.06. The second-order valence-corrected chi connectivity index (χ2v) is 6.24. The van der Waals surface area contributed by atoms with Crippen LogP contribution in [0.15, 0.2) is 10.9 Å². The molecule has 0 amide bonds. The molecule has 7 nitrogen and oxygen atoms in total. The van der Waals surface area contributed by atoms with E-state index in [0.717, 1.165) is 38.0 Å². The maximum absolute atomic E-state index is 6.02. The third-order valence-electron chi connectivity index (χ3n) is 4.55. The van der Waals surface area contributed by atoms with Crippen molar-refractivity contribution in [3.8, 4) is 0 Å². The summed E-state index contributed by atoms with van der Waals surface area (Å²) in [5.74, 6) is 2.21. The molecule has 1 N–H and O–H groups in total. The van der Waals surface area contributed by atoms with Crippen LogP contribution in [0.1, 0.15) is 54.8 Å². The summed E-state index contributed by atoms with van der Waals surface area (Å²) < 4.78 is 11.2. The number of rotatable bonds is 4. The Hall–Kier alpha value is -2.02. The average molecular weight is 315 g/mol. The highest BCUT2D eigenvalue weighted by Gasteiger charge is 2.30. The van der Waals surface area contributed by atoms with Gasteiger partial charge in [0, 0.05) is 17.8 Å². The Morgan fingerprint density at radius 3 is 3.00 bits per heavy atom. The molecule has 1 aliphatic heterocycles. The standard InChI is InChI=1S/C16H21N5O2/c1-10-20-16(23-21-10)14-7-6-11(22-14)8-17-15-12-4-2-3-5-13(12)18-9-19-15/h9,11,14H,2-8H2,1H3,(H,17,18,19)/t11-,14+/m1/s1. The predicted molar refractivity (Wildman–Crippen MR) is 83.0 cm³/mol. The molecule has 3 heterocycles. The molecule has 1 fully saturated rings. The summed E-state index contributed by atoms with van der Waals surface area (Å²) in [5, 5.41) is 7.28. The van der Waals surface area contributed by atoms with Gasteiger partial charge in [-0.2, -0.15) is 4.98 Å². The van der Waals surface area contributed by atoms with Crippen LogP contribution in [0.2, 0.25) is 0 Å². The minimum absolute atomic E-state index is 0.0812. The van der Waals surface area contributed by atoms with E-state index in [1.165, 1.54) is 24.1 Å². The number of fused-ring (bicyclic) bond motifs is 1. The van der Waals surface area contributed by atoms with Crippen LogP contribution < -0.4 is 5.32 Å². The molecular weight excluding hydrogens is 294 g/mol. The Morgan fingerprint density at radius 1 is 1.22 bits per heavy atom. The van der Waals surface area contributed by atoms with E-state index in [1.54, 1.807) is 6.33 Å². The smallest absolute Gasteiger partial charge is 0.255 e. The molecule has 0 bridgehead atoms. The third-order valence-corrected chi connectivity index (χ3v) is 4.55. The van der Waals surface area contributed by atoms with E-state index in [4.69, 9.17) is 9.26 Å². The first-order valence-corrected chi connectivity index (χ1v) is 8.32. The Bertz CT molecular complexity index is 687. The fraction of sp³-hybridized carbons (Fsp3) is 0.625. The molecule has 0 spiro atoms. The number of aryl methyl sites for hydroxylation is 2. The molecule has 122 valence electrons. The summed E-state index contributed by atoms with van der Waals surface area (Å²) in [6, 6.07) is 0. The first-order chi connectivity index (χ1) is 11.3. The largest absolute Gasteiger partial charge is 0.367 e. The summed E-state index contributed by atoms with van der Waals surface area (Å²) in [5.41, 5.74) is 2.47. The van der Waals surface area contributed by atoms with Crippen molar-refractivity contribution >= 4 is 5.82 Å². The number of ether oxygens (including phenoxy) is 1. The van der Waals surface area contributed by atoms with Gasteiger partial charge in [0.15, 0.2) is 5.82 Å². The molecule has 2 aliphatic rings. The highest BCUT2D eigenvalue weighted by Crippen LogP contribution is 2.32. The highest BCUT2D eigenvalue weighted by molar-refractivity contribution is 5.47. The summed E-state index contributed by atoms with van der Waals surface area (Å²) >= 11 is 0. The molecule has 0 unspecified atom stereocenters. The molecule has 0 saturated carbocycles. The van der Waals surface area contributed by atoms with E-state index < -0.39 is 0 Å². The van der Waals surface area contributed by atoms with Crippen LogP contribution in [0.5, 0.6) is 0 Å². The molecule has 1 saturated heterocycles. The van der Waals surface area contributed by atoms with E-state index in [-0.39, 0.29) is 12.2 Å². The summed E-state index contributed by atoms with van der Waals surface area (Å²) in [6.45, 7) is 2.56. The van der Waals surface area contributed by atoms with Crippen LogP contribution >= 0.6 is 0 Å². The van der Waals surface area contributed by atoms with Gasteiger partial charge in [0.2, 0.25) is 0 Å². The molecule has 23 heavy (non-hydrogen) atoms. The maximum Gasteiger partial charge on any atom is 0.255 e. The lowest BCUT2D eigenvalue weighted by atomic mass is 9.96. The molecule has 0 aromatic carbocycles. The van der Waals surface area contributed by atoms with E-state index in [0.29, 0.717) is 11.7 Å². The Kier molecular flexibility index (Phi) is 3.95. The van der Waals surface area contributed by atoms with Gasteiger partial charge in [-0.15, -0.1) is 0 Å². The number of anilines is 1. The predicted octanol–water partition coefficient (Wildman–Crippen LogP) is 2.38. The summed E-state index contributed by atoms with van der Waals surface area (Å²) in [4.78, 5) is 13.1. The fourth-order valence-electron chi connectivity index (χ4n) is 3.37. The van der Waals surface area contributed by atoms with Crippen molar-refractivity contribution in [1.29, 1.82) is 0 Å². The number of hydrogen-bond acceptors (Lipinski definition) is 7. The van der Waals surface area contributed by atoms with Crippen LogP contribution in [0, 0.1) is 6.92 Å². The molecule has 2 atom stereocenters. The SMILES string of the molecule is Cc1noc([C@@H]2CC[C@H](CNc3ncnc4c3CCCC4)O2)n1. The van der Waals surface area contributed by atoms with Gasteiger partial charge in [-0.3, -0.25) is 0 Å². The lowest BCUT2D eigenvalue weighted by Crippen LogP contribution is -2.21.